The van der Waals surface area contributed by atoms with Crippen molar-refractivity contribution in [2.75, 3.05) is 13.7 Å². The van der Waals surface area contributed by atoms with Gasteiger partial charge in [0.1, 0.15) is 12.1 Å². The molecule has 0 radical (unpaired) electrons. The second kappa shape index (κ2) is 27.0. The predicted octanol–water partition coefficient (Wildman–Crippen LogP) is 19.7. The number of methoxy groups -OCH3 is 1. The van der Waals surface area contributed by atoms with Gasteiger partial charge in [-0.05, 0) is 18.9 Å². The molecule has 1 heterocycles. The predicted molar refractivity (Wildman–Crippen MR) is 228 cm³/mol. The standard InChI is InChI=1S/C43H33F51N2O5Si/c1-13(2)15(17-95-16(14(3)101-17)18(97)99-4)96-19(98)100-8-12-102(9-5-20(44,45)23(50,51)26(56,57)29(62,63)32(68,69)35(74,75)38(80,81)41(86,87)88,10-6-21(46,47)24(52,53)27(58,59)30(64,65)33(70,71)36(76,77)39(82,83)42(89,90)91)11-7-22(48,49)25(54,55)28(60,61)31(66,67)34(72,73)37(78,79)40(84,85)43(92,93)94/h13-16H,5-12H2,1-4H3,(H,96,98)/t14-,15-,16-/m0/s1. The van der Waals surface area contributed by atoms with Crippen molar-refractivity contribution >= 4 is 26.0 Å². The highest BCUT2D eigenvalue weighted by atomic mass is 28.3. The van der Waals surface area contributed by atoms with Gasteiger partial charge in [-0.15, -0.1) is 0 Å². The van der Waals surface area contributed by atoms with Crippen molar-refractivity contribution in [3.8, 4) is 0 Å². The number of carbonyl (C=O) groups excluding carboxylic acids is 2. The average molecular weight is 1650 g/mol. The van der Waals surface area contributed by atoms with E-state index in [2.05, 4.69) is 14.5 Å². The first-order valence-electron chi connectivity index (χ1n) is 25.3. The second-order valence-electron chi connectivity index (χ2n) is 22.0. The van der Waals surface area contributed by atoms with Crippen LogP contribution in [0.5, 0.6) is 0 Å². The van der Waals surface area contributed by atoms with Gasteiger partial charge in [0.05, 0.1) is 21.8 Å². The molecule has 1 aliphatic heterocycles. The highest BCUT2D eigenvalue weighted by Gasteiger charge is 2.99. The first kappa shape index (κ1) is 94.9. The summed E-state index contributed by atoms with van der Waals surface area (Å²) in [5.74, 6) is -199. The minimum atomic E-state index is -9.77. The lowest BCUT2D eigenvalue weighted by molar-refractivity contribution is -0.461. The van der Waals surface area contributed by atoms with Crippen LogP contribution in [-0.4, -0.2) is 201 Å². The van der Waals surface area contributed by atoms with Crippen LogP contribution in [0.4, 0.5) is 229 Å². The summed E-state index contributed by atoms with van der Waals surface area (Å²) in [5, 5.41) is 1.44. The molecule has 0 unspecified atom stereocenters. The molecule has 1 aliphatic rings. The number of nitrogens with one attached hydrogen (secondary N) is 1. The topological polar surface area (TPSA) is 86.2 Å². The fourth-order valence-corrected chi connectivity index (χ4v) is 12.7. The Bertz CT molecular complexity index is 2720. The van der Waals surface area contributed by atoms with E-state index in [4.69, 9.17) is 4.74 Å². The number of hydrogen-bond donors (Lipinski definition) is 1. The van der Waals surface area contributed by atoms with E-state index in [1.165, 1.54) is 5.32 Å². The molecule has 0 saturated carbocycles. The molecule has 102 heavy (non-hydrogen) atoms. The maximum absolute atomic E-state index is 15.6. The highest BCUT2D eigenvalue weighted by Crippen LogP contribution is 2.69. The lowest BCUT2D eigenvalue weighted by Crippen LogP contribution is -2.74. The van der Waals surface area contributed by atoms with E-state index in [1.54, 1.807) is 0 Å². The van der Waals surface area contributed by atoms with Crippen LogP contribution in [0.25, 0.3) is 0 Å². The number of ether oxygens (including phenoxy) is 3. The van der Waals surface area contributed by atoms with E-state index in [1.807, 2.05) is 0 Å². The van der Waals surface area contributed by atoms with Gasteiger partial charge in [0.25, 0.3) is 0 Å². The van der Waals surface area contributed by atoms with Gasteiger partial charge in [0.15, 0.2) is 6.04 Å². The Balaban J connectivity index is 4.85. The molecule has 0 aromatic carbocycles. The summed E-state index contributed by atoms with van der Waals surface area (Å²) in [6.07, 6.45) is -43.7. The number of alkyl carbamates (subject to hydrolysis) is 1. The third-order valence-corrected chi connectivity index (χ3v) is 20.0. The molecular weight excluding hydrogens is 1620 g/mol. The quantitative estimate of drug-likeness (QED) is 0.0394. The zero-order chi connectivity index (χ0) is 82.7. The maximum atomic E-state index is 15.6. The normalized spacial score (nSPS) is 18.5. The van der Waals surface area contributed by atoms with E-state index < -0.39 is 243 Å². The number of carbonyl (C=O) groups is 2. The number of hydrogen-bond acceptors (Lipinski definition) is 6. The molecule has 0 bridgehead atoms. The fourth-order valence-electron chi connectivity index (χ4n) is 8.17. The van der Waals surface area contributed by atoms with E-state index >= 15 is 52.7 Å². The Morgan fingerprint density at radius 3 is 0.794 bits per heavy atom. The largest absolute Gasteiger partial charge is 0.474 e. The molecule has 0 aliphatic carbocycles. The van der Waals surface area contributed by atoms with Gasteiger partial charge in [-0.25, -0.2) is 14.6 Å². The minimum Gasteiger partial charge on any atom is -0.474 e. The Morgan fingerprint density at radius 2 is 0.588 bits per heavy atom. The monoisotopic (exact) mass is 1650 g/mol. The summed E-state index contributed by atoms with van der Waals surface area (Å²) >= 11 is 0. The number of halogens is 51. The summed E-state index contributed by atoms with van der Waals surface area (Å²) in [6.45, 7) is -0.149. The Labute approximate surface area is 529 Å². The van der Waals surface area contributed by atoms with Gasteiger partial charge >= 0.3 is 155 Å². The molecule has 59 heteroatoms. The van der Waals surface area contributed by atoms with Gasteiger partial charge in [0.2, 0.25) is 5.90 Å². The molecule has 606 valence electrons. The van der Waals surface area contributed by atoms with Crippen LogP contribution in [0.15, 0.2) is 4.99 Å². The van der Waals surface area contributed by atoms with Crippen LogP contribution < -0.4 is 5.32 Å². The molecule has 0 saturated heterocycles. The molecule has 1 N–H and O–H groups in total. The van der Waals surface area contributed by atoms with E-state index in [0.717, 1.165) is 20.8 Å². The van der Waals surface area contributed by atoms with Crippen LogP contribution in [0.2, 0.25) is 24.2 Å². The van der Waals surface area contributed by atoms with Crippen LogP contribution in [-0.2, 0) is 19.0 Å². The van der Waals surface area contributed by atoms with Gasteiger partial charge in [-0.1, -0.05) is 32.0 Å². The van der Waals surface area contributed by atoms with Gasteiger partial charge < -0.3 is 19.5 Å². The zero-order valence-electron chi connectivity index (χ0n) is 48.2. The number of esters is 1. The Kier molecular flexibility index (Phi) is 25.1. The fraction of sp³-hybridized carbons (Fsp3) is 0.930. The number of nitrogens with zero attached hydrogens (tertiary/aromatic N) is 1. The van der Waals surface area contributed by atoms with Gasteiger partial charge in [-0.3, -0.25) is 0 Å². The van der Waals surface area contributed by atoms with Crippen LogP contribution in [0, 0.1) is 5.92 Å². The first-order valence-corrected chi connectivity index (χ1v) is 28.1. The smallest absolute Gasteiger partial charge is 0.460 e. The lowest BCUT2D eigenvalue weighted by Gasteiger charge is -2.44. The number of aliphatic imine (C=N–C) groups is 1. The number of amides is 1. The van der Waals surface area contributed by atoms with Crippen molar-refractivity contribution in [2.45, 2.75) is 225 Å². The summed E-state index contributed by atoms with van der Waals surface area (Å²) in [5.41, 5.74) is 0. The molecule has 1 amide bonds. The summed E-state index contributed by atoms with van der Waals surface area (Å²) in [7, 11) is -7.19. The third kappa shape index (κ3) is 14.3. The molecule has 3 atom stereocenters. The van der Waals surface area contributed by atoms with Crippen molar-refractivity contribution in [2.24, 2.45) is 10.9 Å². The molecule has 0 spiro atoms. The highest BCUT2D eigenvalue weighted by molar-refractivity contribution is 6.80. The summed E-state index contributed by atoms with van der Waals surface area (Å²) in [4.78, 5) is 28.6. The third-order valence-electron chi connectivity index (χ3n) is 14.8. The lowest BCUT2D eigenvalue weighted by atomic mass is 9.88. The minimum absolute atomic E-state index is 0.637. The maximum Gasteiger partial charge on any atom is 0.460 e. The van der Waals surface area contributed by atoms with E-state index in [9.17, 15) is 181 Å². The van der Waals surface area contributed by atoms with Crippen LogP contribution in [0.3, 0.4) is 0 Å². The van der Waals surface area contributed by atoms with Crippen molar-refractivity contribution in [3.05, 3.63) is 0 Å². The molecule has 7 nitrogen and oxygen atoms in total. The van der Waals surface area contributed by atoms with Gasteiger partial charge in [-0.2, -0.15) is 224 Å². The van der Waals surface area contributed by atoms with Gasteiger partial charge in [0, 0.05) is 19.3 Å². The van der Waals surface area contributed by atoms with Crippen LogP contribution in [0.1, 0.15) is 40.0 Å². The number of alkyl halides is 51. The van der Waals surface area contributed by atoms with Crippen LogP contribution >= 0.6 is 0 Å². The van der Waals surface area contributed by atoms with Crippen molar-refractivity contribution in [1.29, 1.82) is 0 Å². The van der Waals surface area contributed by atoms with Crippen molar-refractivity contribution in [1.82, 2.24) is 5.32 Å². The Morgan fingerprint density at radius 1 is 0.373 bits per heavy atom. The Hall–Kier alpha value is -5.14. The van der Waals surface area contributed by atoms with E-state index in [-0.39, 0.29) is 0 Å². The SMILES string of the molecule is COC(=O)[C@H]1N=C([C@@H](NC(=O)OCC[Si](CCC(F)(F)C(F)(F)C(F)(F)C(F)(F)C(F)(F)C(F)(F)C(F)(F)C(F)(F)F)(CCC(F)(F)C(F)(F)C(F)(F)C(F)(F)C(F)(F)C(F)(F)C(F)(F)C(F)(F)F)CCC(F)(F)C(F)(F)C(F)(F)C(F)(F)C(F)(F)C(F)(F)C(F)(F)C(F)(F)F)C(C)C)O[C@H]1C. The van der Waals surface area contributed by atoms with Crippen molar-refractivity contribution < 1.29 is 248 Å². The molecule has 0 fully saturated rings. The number of rotatable bonds is 34. The summed E-state index contributed by atoms with van der Waals surface area (Å²) in [6, 6.07) is -18.9. The molecular formula is C43H33F51N2O5Si. The molecule has 0 aromatic rings. The van der Waals surface area contributed by atoms with Crippen molar-refractivity contribution in [3.63, 3.8) is 0 Å². The zero-order valence-corrected chi connectivity index (χ0v) is 49.2. The second-order valence-corrected chi connectivity index (χ2v) is 27.0. The summed E-state index contributed by atoms with van der Waals surface area (Å²) < 4.78 is 738. The molecule has 0 aromatic heterocycles. The molecule has 1 rings (SSSR count). The first-order chi connectivity index (χ1) is 43.9. The average Bonchev–Trinajstić information content (AvgIpc) is 0.756. The van der Waals surface area contributed by atoms with E-state index in [0.29, 0.717) is 7.11 Å².